The Labute approximate surface area is 314 Å². The van der Waals surface area contributed by atoms with Gasteiger partial charge in [0.15, 0.2) is 0 Å². The standard InChI is InChI=1S/2C24H37.Sn/c2*1-9-23(10-2)15-21(5,6)17-13-18-20(14-19(17)23)24(11-3,12-4)16-22(18,7)8;/h2*14H,9-12,15-16H2,1-8H3;. The van der Waals surface area contributed by atoms with Crippen LogP contribution in [0, 0.1) is 0 Å². The summed E-state index contributed by atoms with van der Waals surface area (Å²) in [5, 5.41) is 0. The minimum absolute atomic E-state index is 0.214. The maximum absolute atomic E-state index is 2.86. The molecule has 0 saturated heterocycles. The molecule has 270 valence electrons. The minimum atomic E-state index is -1.29. The average Bonchev–Trinajstić information content (AvgIpc) is 3.64. The summed E-state index contributed by atoms with van der Waals surface area (Å²) in [6.07, 6.45) is 15.4. The Bertz CT molecular complexity index is 1390. The molecule has 0 spiro atoms. The van der Waals surface area contributed by atoms with Crippen molar-refractivity contribution in [2.24, 2.45) is 0 Å². The fourth-order valence-electron chi connectivity index (χ4n) is 13.9. The van der Waals surface area contributed by atoms with Crippen LogP contribution in [-0.2, 0) is 43.3 Å². The molecule has 0 aliphatic heterocycles. The molecule has 1 heteroatoms. The van der Waals surface area contributed by atoms with Gasteiger partial charge in [0.1, 0.15) is 0 Å². The van der Waals surface area contributed by atoms with Crippen molar-refractivity contribution >= 4 is 28.3 Å². The summed E-state index contributed by atoms with van der Waals surface area (Å²) < 4.78 is 3.88. The van der Waals surface area contributed by atoms with Crippen molar-refractivity contribution in [2.45, 2.75) is 231 Å². The average molecular weight is 770 g/mol. The van der Waals surface area contributed by atoms with Gasteiger partial charge < -0.3 is 0 Å². The van der Waals surface area contributed by atoms with E-state index in [9.17, 15) is 0 Å². The van der Waals surface area contributed by atoms with Crippen LogP contribution >= 0.6 is 0 Å². The van der Waals surface area contributed by atoms with Crippen LogP contribution in [0.3, 0.4) is 0 Å². The SMILES string of the molecule is CCC1(CC)CC(C)(C)c2c1cc1c([c]2[Sn][c]2c3c(cc4c2C(C)(C)CC4(CC)CC)C(CC)(CC)CC3(C)C)C(C)(C)CC1(CC)CC. The van der Waals surface area contributed by atoms with Crippen molar-refractivity contribution in [3.63, 3.8) is 0 Å². The molecule has 4 aliphatic carbocycles. The van der Waals surface area contributed by atoms with Crippen molar-refractivity contribution in [1.29, 1.82) is 0 Å². The van der Waals surface area contributed by atoms with E-state index >= 15 is 0 Å². The molecule has 0 saturated carbocycles. The van der Waals surface area contributed by atoms with E-state index in [0.29, 0.717) is 21.7 Å². The Morgan fingerprint density at radius 1 is 0.367 bits per heavy atom. The first-order valence-electron chi connectivity index (χ1n) is 21.0. The molecule has 2 aromatic carbocycles. The van der Waals surface area contributed by atoms with Crippen LogP contribution < -0.4 is 7.16 Å². The molecule has 0 aromatic heterocycles. The zero-order chi connectivity index (χ0) is 36.4. The maximum atomic E-state index is 2.86. The first-order valence-corrected chi connectivity index (χ1v) is 23.8. The fraction of sp³-hybridized carbons (Fsp3) is 0.750. The van der Waals surface area contributed by atoms with Gasteiger partial charge >= 0.3 is 316 Å². The van der Waals surface area contributed by atoms with Gasteiger partial charge in [-0.05, 0) is 0 Å². The third-order valence-corrected chi connectivity index (χ3v) is 20.7. The molecule has 2 radical (unpaired) electrons. The molecule has 0 unspecified atom stereocenters. The zero-order valence-electron chi connectivity index (χ0n) is 35.1. The van der Waals surface area contributed by atoms with E-state index in [2.05, 4.69) is 123 Å². The summed E-state index contributed by atoms with van der Waals surface area (Å²) in [7, 11) is 0. The van der Waals surface area contributed by atoms with Crippen LogP contribution in [0.5, 0.6) is 0 Å². The van der Waals surface area contributed by atoms with Gasteiger partial charge in [-0.2, -0.15) is 0 Å². The third-order valence-electron chi connectivity index (χ3n) is 16.4. The molecule has 0 atom stereocenters. The predicted molar refractivity (Wildman–Crippen MR) is 218 cm³/mol. The first-order chi connectivity index (χ1) is 22.7. The Kier molecular flexibility index (Phi) is 9.20. The van der Waals surface area contributed by atoms with Gasteiger partial charge in [0.25, 0.3) is 0 Å². The van der Waals surface area contributed by atoms with Gasteiger partial charge in [0.05, 0.1) is 0 Å². The van der Waals surface area contributed by atoms with Crippen molar-refractivity contribution < 1.29 is 0 Å². The van der Waals surface area contributed by atoms with Crippen LogP contribution in [0.25, 0.3) is 0 Å². The van der Waals surface area contributed by atoms with E-state index < -0.39 is 21.1 Å². The van der Waals surface area contributed by atoms with E-state index in [-0.39, 0.29) is 21.7 Å². The number of rotatable bonds is 10. The second-order valence-electron chi connectivity index (χ2n) is 20.5. The number of hydrogen-bond acceptors (Lipinski definition) is 0. The zero-order valence-corrected chi connectivity index (χ0v) is 38.0. The summed E-state index contributed by atoms with van der Waals surface area (Å²) in [5.41, 5.74) is 16.6. The van der Waals surface area contributed by atoms with Gasteiger partial charge in [-0.3, -0.25) is 0 Å². The molecular formula is C48H74Sn. The van der Waals surface area contributed by atoms with E-state index in [1.165, 1.54) is 77.0 Å². The molecule has 0 N–H and O–H groups in total. The van der Waals surface area contributed by atoms with Crippen molar-refractivity contribution in [3.8, 4) is 0 Å². The topological polar surface area (TPSA) is 0 Å². The Balaban J connectivity index is 1.81. The Hall–Kier alpha value is -0.761. The van der Waals surface area contributed by atoms with Gasteiger partial charge in [0.2, 0.25) is 0 Å². The molecule has 2 aromatic rings. The van der Waals surface area contributed by atoms with Crippen LogP contribution in [0.15, 0.2) is 12.1 Å². The number of fused-ring (bicyclic) bond motifs is 4. The van der Waals surface area contributed by atoms with Crippen LogP contribution in [-0.4, -0.2) is 21.1 Å². The van der Waals surface area contributed by atoms with E-state index in [1.54, 1.807) is 22.3 Å². The summed E-state index contributed by atoms with van der Waals surface area (Å²) >= 11 is -1.29. The van der Waals surface area contributed by atoms with E-state index in [4.69, 9.17) is 0 Å². The molecule has 0 fully saturated rings. The van der Waals surface area contributed by atoms with Gasteiger partial charge in [0, 0.05) is 0 Å². The van der Waals surface area contributed by atoms with Crippen molar-refractivity contribution in [1.82, 2.24) is 0 Å². The monoisotopic (exact) mass is 770 g/mol. The number of benzene rings is 2. The predicted octanol–water partition coefficient (Wildman–Crippen LogP) is 12.3. The van der Waals surface area contributed by atoms with Crippen LogP contribution in [0.2, 0.25) is 0 Å². The number of hydrogen-bond donors (Lipinski definition) is 0. The molecule has 0 bridgehead atoms. The normalized spacial score (nSPS) is 24.8. The summed E-state index contributed by atoms with van der Waals surface area (Å²) in [5.74, 6) is 0. The summed E-state index contributed by atoms with van der Waals surface area (Å²) in [6, 6.07) is 5.73. The van der Waals surface area contributed by atoms with Gasteiger partial charge in [-0.15, -0.1) is 0 Å². The molecule has 4 aliphatic rings. The Morgan fingerprint density at radius 3 is 0.714 bits per heavy atom. The molecule has 0 amide bonds. The quantitative estimate of drug-likeness (QED) is 0.211. The van der Waals surface area contributed by atoms with Crippen molar-refractivity contribution in [2.75, 3.05) is 0 Å². The molecule has 49 heavy (non-hydrogen) atoms. The second kappa shape index (κ2) is 11.9. The summed E-state index contributed by atoms with van der Waals surface area (Å²) in [4.78, 5) is 0. The molecular weight excluding hydrogens is 695 g/mol. The van der Waals surface area contributed by atoms with Crippen molar-refractivity contribution in [3.05, 3.63) is 56.6 Å². The summed E-state index contributed by atoms with van der Waals surface area (Å²) in [6.45, 7) is 41.2. The second-order valence-corrected chi connectivity index (χ2v) is 24.1. The van der Waals surface area contributed by atoms with Gasteiger partial charge in [-0.25, -0.2) is 0 Å². The third kappa shape index (κ3) is 4.99. The van der Waals surface area contributed by atoms with E-state index in [0.717, 1.165) is 0 Å². The first kappa shape index (κ1) is 38.0. The Morgan fingerprint density at radius 2 is 0.551 bits per heavy atom. The fourth-order valence-corrected chi connectivity index (χ4v) is 21.4. The molecule has 0 heterocycles. The molecule has 6 rings (SSSR count). The van der Waals surface area contributed by atoms with Crippen LogP contribution in [0.4, 0.5) is 0 Å². The van der Waals surface area contributed by atoms with E-state index in [1.807, 2.05) is 29.4 Å². The van der Waals surface area contributed by atoms with Crippen LogP contribution in [0.1, 0.15) is 232 Å². The van der Waals surface area contributed by atoms with Gasteiger partial charge in [-0.1, -0.05) is 0 Å². The molecule has 0 nitrogen and oxygen atoms in total.